The van der Waals surface area contributed by atoms with Crippen LogP contribution in [0, 0.1) is 19.7 Å². The molecule has 1 aromatic heterocycles. The number of nitrogen functional groups attached to an aromatic ring is 1. The highest BCUT2D eigenvalue weighted by molar-refractivity contribution is 6.33. The van der Waals surface area contributed by atoms with Gasteiger partial charge < -0.3 is 5.73 Å². The molecule has 3 nitrogen and oxygen atoms in total. The predicted molar refractivity (Wildman–Crippen MR) is 66.3 cm³/mol. The Morgan fingerprint density at radius 3 is 2.59 bits per heavy atom. The molecule has 0 aliphatic carbocycles. The highest BCUT2D eigenvalue weighted by Crippen LogP contribution is 2.31. The summed E-state index contributed by atoms with van der Waals surface area (Å²) in [5.74, 6) is 0.0128. The molecule has 0 atom stereocenters. The monoisotopic (exact) mass is 251 g/mol. The van der Waals surface area contributed by atoms with Gasteiger partial charge in [-0.1, -0.05) is 11.6 Å². The van der Waals surface area contributed by atoms with Crippen LogP contribution in [0.25, 0.3) is 11.3 Å². The lowest BCUT2D eigenvalue weighted by atomic mass is 10.0. The van der Waals surface area contributed by atoms with Crippen LogP contribution in [0.2, 0.25) is 5.02 Å². The van der Waals surface area contributed by atoms with Crippen molar-refractivity contribution in [2.45, 2.75) is 13.8 Å². The lowest BCUT2D eigenvalue weighted by Gasteiger charge is -2.10. The van der Waals surface area contributed by atoms with Gasteiger partial charge in [0.15, 0.2) is 0 Å². The molecular formula is C12H11ClFN3. The maximum Gasteiger partial charge on any atom is 0.149 e. The Hall–Kier alpha value is -1.68. The third-order valence-electron chi connectivity index (χ3n) is 2.74. The number of nitrogens with two attached hydrogens (primary N) is 1. The summed E-state index contributed by atoms with van der Waals surface area (Å²) in [4.78, 5) is 0. The van der Waals surface area contributed by atoms with Crippen LogP contribution in [0.5, 0.6) is 0 Å². The van der Waals surface area contributed by atoms with Crippen LogP contribution in [0.15, 0.2) is 18.2 Å². The second kappa shape index (κ2) is 4.30. The van der Waals surface area contributed by atoms with Gasteiger partial charge in [-0.2, -0.15) is 0 Å². The van der Waals surface area contributed by atoms with Crippen molar-refractivity contribution in [3.63, 3.8) is 0 Å². The first kappa shape index (κ1) is 11.8. The molecule has 0 aliphatic rings. The fourth-order valence-electron chi connectivity index (χ4n) is 1.56. The lowest BCUT2D eigenvalue weighted by Crippen LogP contribution is -2.02. The second-order valence-electron chi connectivity index (χ2n) is 3.81. The normalized spacial score (nSPS) is 10.6. The van der Waals surface area contributed by atoms with E-state index in [1.165, 1.54) is 18.2 Å². The number of halogens is 2. The molecule has 0 unspecified atom stereocenters. The highest BCUT2D eigenvalue weighted by Gasteiger charge is 2.13. The first-order chi connectivity index (χ1) is 8.00. The Balaban J connectivity index is 2.69. The van der Waals surface area contributed by atoms with Gasteiger partial charge in [0.1, 0.15) is 11.6 Å². The maximum absolute atomic E-state index is 13.2. The summed E-state index contributed by atoms with van der Waals surface area (Å²) in [6.45, 7) is 3.70. The second-order valence-corrected chi connectivity index (χ2v) is 4.22. The van der Waals surface area contributed by atoms with Crippen LogP contribution in [-0.2, 0) is 0 Å². The summed E-state index contributed by atoms with van der Waals surface area (Å²) in [6.07, 6.45) is 0. The minimum Gasteiger partial charge on any atom is -0.382 e. The smallest absolute Gasteiger partial charge is 0.149 e. The van der Waals surface area contributed by atoms with Gasteiger partial charge in [0, 0.05) is 5.56 Å². The molecule has 0 fully saturated rings. The quantitative estimate of drug-likeness (QED) is 0.847. The first-order valence-corrected chi connectivity index (χ1v) is 5.43. The van der Waals surface area contributed by atoms with Crippen molar-refractivity contribution in [3.8, 4) is 11.3 Å². The van der Waals surface area contributed by atoms with Crippen molar-refractivity contribution in [1.82, 2.24) is 10.2 Å². The molecule has 2 aromatic rings. The lowest BCUT2D eigenvalue weighted by molar-refractivity contribution is 0.628. The van der Waals surface area contributed by atoms with Gasteiger partial charge in [-0.25, -0.2) is 4.39 Å². The van der Waals surface area contributed by atoms with Crippen molar-refractivity contribution >= 4 is 17.4 Å². The average Bonchev–Trinajstić information content (AvgIpc) is 2.30. The van der Waals surface area contributed by atoms with E-state index in [-0.39, 0.29) is 5.82 Å². The fourth-order valence-corrected chi connectivity index (χ4v) is 1.77. The molecule has 1 aromatic carbocycles. The number of hydrogen-bond donors (Lipinski definition) is 1. The Morgan fingerprint density at radius 1 is 1.18 bits per heavy atom. The molecule has 88 valence electrons. The van der Waals surface area contributed by atoms with E-state index in [1.54, 1.807) is 0 Å². The van der Waals surface area contributed by atoms with Gasteiger partial charge in [0.25, 0.3) is 0 Å². The Morgan fingerprint density at radius 2 is 1.88 bits per heavy atom. The summed E-state index contributed by atoms with van der Waals surface area (Å²) in [7, 11) is 0. The molecular weight excluding hydrogens is 241 g/mol. The van der Waals surface area contributed by atoms with Crippen LogP contribution in [0.4, 0.5) is 10.2 Å². The molecule has 0 aliphatic heterocycles. The summed E-state index contributed by atoms with van der Waals surface area (Å²) < 4.78 is 13.2. The molecule has 5 heteroatoms. The van der Waals surface area contributed by atoms with E-state index in [0.29, 0.717) is 22.1 Å². The number of rotatable bonds is 1. The van der Waals surface area contributed by atoms with Gasteiger partial charge >= 0.3 is 0 Å². The van der Waals surface area contributed by atoms with Crippen molar-refractivity contribution in [3.05, 3.63) is 40.2 Å². The number of benzene rings is 1. The summed E-state index contributed by atoms with van der Waals surface area (Å²) in [5, 5.41) is 8.26. The SMILES string of the molecule is Cc1c(N)nnc(-c2cc(F)ccc2Cl)c1C. The van der Waals surface area contributed by atoms with E-state index in [2.05, 4.69) is 10.2 Å². The number of anilines is 1. The van der Waals surface area contributed by atoms with Crippen LogP contribution in [0.3, 0.4) is 0 Å². The summed E-state index contributed by atoms with van der Waals surface area (Å²) in [5.41, 5.74) is 8.42. The van der Waals surface area contributed by atoms with Crippen LogP contribution in [-0.4, -0.2) is 10.2 Å². The Kier molecular flexibility index (Phi) is 2.98. The van der Waals surface area contributed by atoms with E-state index in [9.17, 15) is 4.39 Å². The summed E-state index contributed by atoms with van der Waals surface area (Å²) in [6, 6.07) is 4.15. The molecule has 0 bridgehead atoms. The summed E-state index contributed by atoms with van der Waals surface area (Å²) >= 11 is 6.03. The van der Waals surface area contributed by atoms with Crippen LogP contribution >= 0.6 is 11.6 Å². The molecule has 17 heavy (non-hydrogen) atoms. The predicted octanol–water partition coefficient (Wildman–Crippen LogP) is 3.14. The third-order valence-corrected chi connectivity index (χ3v) is 3.07. The van der Waals surface area contributed by atoms with Crippen LogP contribution < -0.4 is 5.73 Å². The molecule has 2 rings (SSSR count). The minimum atomic E-state index is -0.361. The fraction of sp³-hybridized carbons (Fsp3) is 0.167. The van der Waals surface area contributed by atoms with Crippen molar-refractivity contribution in [2.75, 3.05) is 5.73 Å². The molecule has 1 heterocycles. The van der Waals surface area contributed by atoms with Gasteiger partial charge in [-0.05, 0) is 43.2 Å². The number of aromatic nitrogens is 2. The maximum atomic E-state index is 13.2. The van der Waals surface area contributed by atoms with E-state index in [0.717, 1.165) is 11.1 Å². The zero-order valence-electron chi connectivity index (χ0n) is 9.46. The molecule has 0 radical (unpaired) electrons. The van der Waals surface area contributed by atoms with Gasteiger partial charge in [0.05, 0.1) is 10.7 Å². The largest absolute Gasteiger partial charge is 0.382 e. The first-order valence-electron chi connectivity index (χ1n) is 5.05. The number of nitrogens with zero attached hydrogens (tertiary/aromatic N) is 2. The molecule has 0 saturated carbocycles. The van der Waals surface area contributed by atoms with E-state index in [1.807, 2.05) is 13.8 Å². The zero-order valence-corrected chi connectivity index (χ0v) is 10.2. The highest BCUT2D eigenvalue weighted by atomic mass is 35.5. The topological polar surface area (TPSA) is 51.8 Å². The van der Waals surface area contributed by atoms with Gasteiger partial charge in [-0.3, -0.25) is 0 Å². The van der Waals surface area contributed by atoms with Crippen molar-refractivity contribution in [2.24, 2.45) is 0 Å². The van der Waals surface area contributed by atoms with Gasteiger partial charge in [-0.15, -0.1) is 10.2 Å². The van der Waals surface area contributed by atoms with Crippen LogP contribution in [0.1, 0.15) is 11.1 Å². The van der Waals surface area contributed by atoms with E-state index in [4.69, 9.17) is 17.3 Å². The standard InChI is InChI=1S/C12H11ClFN3/c1-6-7(2)12(15)17-16-11(6)9-5-8(14)3-4-10(9)13/h3-5H,1-2H3,(H2,15,17). The van der Waals surface area contributed by atoms with Crippen molar-refractivity contribution in [1.29, 1.82) is 0 Å². The average molecular weight is 252 g/mol. The zero-order chi connectivity index (χ0) is 12.6. The Labute approximate surface area is 103 Å². The molecule has 0 saturated heterocycles. The van der Waals surface area contributed by atoms with E-state index < -0.39 is 0 Å². The van der Waals surface area contributed by atoms with E-state index >= 15 is 0 Å². The number of hydrogen-bond acceptors (Lipinski definition) is 3. The van der Waals surface area contributed by atoms with Gasteiger partial charge in [0.2, 0.25) is 0 Å². The molecule has 2 N–H and O–H groups in total. The minimum absolute atomic E-state index is 0.361. The molecule has 0 spiro atoms. The Bertz CT molecular complexity index is 584. The van der Waals surface area contributed by atoms with Crippen molar-refractivity contribution < 1.29 is 4.39 Å². The molecule has 0 amide bonds. The third kappa shape index (κ3) is 2.08.